The van der Waals surface area contributed by atoms with Gasteiger partial charge in [0.15, 0.2) is 5.78 Å². The lowest BCUT2D eigenvalue weighted by Gasteiger charge is -2.25. The van der Waals surface area contributed by atoms with E-state index in [9.17, 15) is 9.59 Å². The van der Waals surface area contributed by atoms with Gasteiger partial charge in [0.05, 0.1) is 19.1 Å². The van der Waals surface area contributed by atoms with Gasteiger partial charge in [0.1, 0.15) is 0 Å². The average Bonchev–Trinajstić information content (AvgIpc) is 2.90. The molecule has 1 aliphatic rings. The van der Waals surface area contributed by atoms with Crippen LogP contribution in [0.5, 0.6) is 0 Å². The number of hydrogen-bond acceptors (Lipinski definition) is 3. The monoisotopic (exact) mass is 339 g/mol. The Balaban J connectivity index is 1.81. The molecule has 0 unspecified atom stereocenters. The number of ketones is 1. The molecule has 0 aliphatic carbocycles. The molecule has 0 bridgehead atoms. The van der Waals surface area contributed by atoms with Gasteiger partial charge in [0.25, 0.3) is 0 Å². The number of aryl methyl sites for hydroxylation is 1. The molecule has 1 atom stereocenters. The predicted octanol–water partition coefficient (Wildman–Crippen LogP) is 2.33. The summed E-state index contributed by atoms with van der Waals surface area (Å²) in [6.45, 7) is 8.11. The van der Waals surface area contributed by atoms with Crippen LogP contribution in [0.2, 0.25) is 0 Å². The highest BCUT2D eigenvalue weighted by molar-refractivity contribution is 5.99. The summed E-state index contributed by atoms with van der Waals surface area (Å²) >= 11 is 0. The number of Topliss-reactive ketones (excluding diaryl/α,β-unsaturated/α-hetero) is 1. The minimum Gasteiger partial charge on any atom is -0.354 e. The average molecular weight is 339 g/mol. The number of hydrogen-bond donors (Lipinski definition) is 1. The van der Waals surface area contributed by atoms with Crippen LogP contribution in [0.4, 0.5) is 0 Å². The molecule has 25 heavy (non-hydrogen) atoms. The molecule has 1 aliphatic heterocycles. The fraction of sp³-hybridized carbons (Fsp3) is 0.400. The minimum atomic E-state index is -0.0118. The Morgan fingerprint density at radius 2 is 1.96 bits per heavy atom. The number of aromatic nitrogens is 1. The van der Waals surface area contributed by atoms with Crippen molar-refractivity contribution in [3.63, 3.8) is 0 Å². The summed E-state index contributed by atoms with van der Waals surface area (Å²) in [6.07, 6.45) is 0. The SMILES string of the molecule is Cc1cc(C(=O)CN2CCNC(=O)C2)c(C)n1[C@H](C)c1ccccc1. The smallest absolute Gasteiger partial charge is 0.234 e. The third kappa shape index (κ3) is 3.66. The van der Waals surface area contributed by atoms with Crippen LogP contribution in [-0.4, -0.2) is 47.3 Å². The van der Waals surface area contributed by atoms with E-state index in [1.807, 2.05) is 43.0 Å². The first-order valence-electron chi connectivity index (χ1n) is 8.73. The second-order valence-corrected chi connectivity index (χ2v) is 6.73. The zero-order valence-electron chi connectivity index (χ0n) is 15.1. The van der Waals surface area contributed by atoms with Gasteiger partial charge < -0.3 is 9.88 Å². The van der Waals surface area contributed by atoms with Gasteiger partial charge in [-0.1, -0.05) is 30.3 Å². The highest BCUT2D eigenvalue weighted by atomic mass is 16.2. The largest absolute Gasteiger partial charge is 0.354 e. The van der Waals surface area contributed by atoms with Gasteiger partial charge in [0, 0.05) is 30.0 Å². The van der Waals surface area contributed by atoms with Gasteiger partial charge in [-0.2, -0.15) is 0 Å². The molecular weight excluding hydrogens is 314 g/mol. The lowest BCUT2D eigenvalue weighted by Crippen LogP contribution is -2.49. The van der Waals surface area contributed by atoms with Crippen LogP contribution in [0, 0.1) is 13.8 Å². The number of carbonyl (C=O) groups excluding carboxylic acids is 2. The highest BCUT2D eigenvalue weighted by Gasteiger charge is 2.23. The summed E-state index contributed by atoms with van der Waals surface area (Å²) in [4.78, 5) is 26.2. The fourth-order valence-electron chi connectivity index (χ4n) is 3.65. The van der Waals surface area contributed by atoms with Crippen molar-refractivity contribution in [2.45, 2.75) is 26.8 Å². The molecule has 5 heteroatoms. The zero-order valence-corrected chi connectivity index (χ0v) is 15.1. The van der Waals surface area contributed by atoms with E-state index in [2.05, 4.69) is 28.9 Å². The number of benzene rings is 1. The van der Waals surface area contributed by atoms with Gasteiger partial charge in [-0.25, -0.2) is 0 Å². The van der Waals surface area contributed by atoms with Crippen LogP contribution in [0.3, 0.4) is 0 Å². The Morgan fingerprint density at radius 3 is 2.64 bits per heavy atom. The maximum absolute atomic E-state index is 12.8. The molecule has 0 spiro atoms. The number of piperazine rings is 1. The summed E-state index contributed by atoms with van der Waals surface area (Å²) in [5.41, 5.74) is 4.04. The Labute approximate surface area is 148 Å². The first-order valence-corrected chi connectivity index (χ1v) is 8.73. The third-order valence-corrected chi connectivity index (χ3v) is 4.94. The maximum Gasteiger partial charge on any atom is 0.234 e. The topological polar surface area (TPSA) is 54.3 Å². The Morgan fingerprint density at radius 1 is 1.24 bits per heavy atom. The number of nitrogens with one attached hydrogen (secondary N) is 1. The first-order chi connectivity index (χ1) is 12.0. The van der Waals surface area contributed by atoms with Crippen molar-refractivity contribution in [1.82, 2.24) is 14.8 Å². The zero-order chi connectivity index (χ0) is 18.0. The third-order valence-electron chi connectivity index (χ3n) is 4.94. The lowest BCUT2D eigenvalue weighted by molar-refractivity contribution is -0.123. The van der Waals surface area contributed by atoms with Crippen LogP contribution in [-0.2, 0) is 4.79 Å². The number of amides is 1. The van der Waals surface area contributed by atoms with E-state index < -0.39 is 0 Å². The van der Waals surface area contributed by atoms with Gasteiger partial charge >= 0.3 is 0 Å². The second kappa shape index (κ2) is 7.23. The molecule has 1 amide bonds. The quantitative estimate of drug-likeness (QED) is 0.851. The summed E-state index contributed by atoms with van der Waals surface area (Å²) in [5, 5.41) is 2.79. The summed E-state index contributed by atoms with van der Waals surface area (Å²) < 4.78 is 2.21. The van der Waals surface area contributed by atoms with Crippen LogP contribution in [0.1, 0.15) is 40.3 Å². The molecule has 1 N–H and O–H groups in total. The molecule has 132 valence electrons. The van der Waals surface area contributed by atoms with Gasteiger partial charge in [-0.15, -0.1) is 0 Å². The van der Waals surface area contributed by atoms with E-state index in [-0.39, 0.29) is 24.3 Å². The molecule has 1 aromatic carbocycles. The van der Waals surface area contributed by atoms with Crippen LogP contribution in [0.15, 0.2) is 36.4 Å². The summed E-state index contributed by atoms with van der Waals surface area (Å²) in [7, 11) is 0. The standard InChI is InChI=1S/C20H25N3O2/c1-14-11-18(19(24)12-22-10-9-21-20(25)13-22)16(3)23(14)15(2)17-7-5-4-6-8-17/h4-8,11,15H,9-10,12-13H2,1-3H3,(H,21,25)/t15-/m1/s1. The first kappa shape index (κ1) is 17.4. The predicted molar refractivity (Wildman–Crippen MR) is 97.9 cm³/mol. The van der Waals surface area contributed by atoms with E-state index in [4.69, 9.17) is 0 Å². The number of rotatable bonds is 5. The summed E-state index contributed by atoms with van der Waals surface area (Å²) in [6, 6.07) is 12.4. The molecule has 0 radical (unpaired) electrons. The minimum absolute atomic E-state index is 0.0118. The molecule has 1 aromatic heterocycles. The van der Waals surface area contributed by atoms with E-state index in [0.29, 0.717) is 13.1 Å². The van der Waals surface area contributed by atoms with Crippen molar-refractivity contribution in [3.8, 4) is 0 Å². The number of carbonyl (C=O) groups is 2. The summed E-state index contributed by atoms with van der Waals surface area (Å²) in [5.74, 6) is 0.0662. The van der Waals surface area contributed by atoms with E-state index in [1.54, 1.807) is 0 Å². The van der Waals surface area contributed by atoms with Gasteiger partial charge in [-0.05, 0) is 32.4 Å². The molecular formula is C20H25N3O2. The number of nitrogens with zero attached hydrogens (tertiary/aromatic N) is 2. The lowest BCUT2D eigenvalue weighted by atomic mass is 10.1. The Bertz CT molecular complexity index is 780. The maximum atomic E-state index is 12.8. The van der Waals surface area contributed by atoms with Gasteiger partial charge in [-0.3, -0.25) is 14.5 Å². The Hall–Kier alpha value is -2.40. The van der Waals surface area contributed by atoms with Crippen LogP contribution < -0.4 is 5.32 Å². The van der Waals surface area contributed by atoms with Crippen molar-refractivity contribution < 1.29 is 9.59 Å². The van der Waals surface area contributed by atoms with Crippen molar-refractivity contribution in [2.75, 3.05) is 26.2 Å². The van der Waals surface area contributed by atoms with Gasteiger partial charge in [0.2, 0.25) is 5.91 Å². The molecule has 1 saturated heterocycles. The molecule has 3 rings (SSSR count). The second-order valence-electron chi connectivity index (χ2n) is 6.73. The molecule has 5 nitrogen and oxygen atoms in total. The molecule has 1 fully saturated rings. The molecule has 2 aromatic rings. The highest BCUT2D eigenvalue weighted by Crippen LogP contribution is 2.25. The van der Waals surface area contributed by atoms with E-state index in [0.717, 1.165) is 23.5 Å². The van der Waals surface area contributed by atoms with Crippen LogP contribution >= 0.6 is 0 Å². The Kier molecular flexibility index (Phi) is 5.04. The fourth-order valence-corrected chi connectivity index (χ4v) is 3.65. The van der Waals surface area contributed by atoms with Crippen molar-refractivity contribution >= 4 is 11.7 Å². The normalized spacial score (nSPS) is 16.5. The van der Waals surface area contributed by atoms with Crippen molar-refractivity contribution in [3.05, 3.63) is 58.9 Å². The molecule has 0 saturated carbocycles. The van der Waals surface area contributed by atoms with E-state index >= 15 is 0 Å². The van der Waals surface area contributed by atoms with Crippen molar-refractivity contribution in [1.29, 1.82) is 0 Å². The van der Waals surface area contributed by atoms with Crippen LogP contribution in [0.25, 0.3) is 0 Å². The van der Waals surface area contributed by atoms with E-state index in [1.165, 1.54) is 5.56 Å². The van der Waals surface area contributed by atoms with Crippen molar-refractivity contribution in [2.24, 2.45) is 0 Å². The molecule has 2 heterocycles.